The molecule has 0 aliphatic heterocycles. The molecule has 2 aromatic rings. The standard InChI is InChI=1S/C10H14N4/c1-8-12-10-4-3-9(5-6-11-2)7-14(10)13-8/h3-4,7,11H,5-6H2,1-2H3. The summed E-state index contributed by atoms with van der Waals surface area (Å²) in [5.41, 5.74) is 2.19. The zero-order valence-corrected chi connectivity index (χ0v) is 8.49. The largest absolute Gasteiger partial charge is 0.319 e. The van der Waals surface area contributed by atoms with Gasteiger partial charge in [-0.3, -0.25) is 0 Å². The number of aryl methyl sites for hydroxylation is 1. The van der Waals surface area contributed by atoms with Crippen LogP contribution >= 0.6 is 0 Å². The highest BCUT2D eigenvalue weighted by molar-refractivity contribution is 5.38. The van der Waals surface area contributed by atoms with E-state index in [0.717, 1.165) is 24.4 Å². The van der Waals surface area contributed by atoms with Crippen LogP contribution in [-0.2, 0) is 6.42 Å². The molecule has 0 aliphatic carbocycles. The fraction of sp³-hybridized carbons (Fsp3) is 0.400. The molecule has 0 saturated heterocycles. The molecule has 14 heavy (non-hydrogen) atoms. The Morgan fingerprint density at radius 1 is 1.43 bits per heavy atom. The van der Waals surface area contributed by atoms with Crippen molar-refractivity contribution >= 4 is 5.65 Å². The second-order valence-corrected chi connectivity index (χ2v) is 3.35. The van der Waals surface area contributed by atoms with Crippen molar-refractivity contribution in [2.75, 3.05) is 13.6 Å². The zero-order chi connectivity index (χ0) is 9.97. The Kier molecular flexibility index (Phi) is 2.45. The van der Waals surface area contributed by atoms with Gasteiger partial charge >= 0.3 is 0 Å². The highest BCUT2D eigenvalue weighted by Crippen LogP contribution is 2.04. The van der Waals surface area contributed by atoms with Crippen LogP contribution in [0.15, 0.2) is 18.3 Å². The number of hydrogen-bond donors (Lipinski definition) is 1. The van der Waals surface area contributed by atoms with Crippen LogP contribution < -0.4 is 5.32 Å². The summed E-state index contributed by atoms with van der Waals surface area (Å²) in [6.07, 6.45) is 3.05. The molecule has 2 rings (SSSR count). The van der Waals surface area contributed by atoms with Gasteiger partial charge in [0, 0.05) is 6.20 Å². The molecule has 0 unspecified atom stereocenters. The van der Waals surface area contributed by atoms with E-state index in [2.05, 4.69) is 21.5 Å². The van der Waals surface area contributed by atoms with Crippen molar-refractivity contribution < 1.29 is 0 Å². The maximum absolute atomic E-state index is 4.27. The van der Waals surface area contributed by atoms with Crippen LogP contribution in [0.4, 0.5) is 0 Å². The Morgan fingerprint density at radius 2 is 2.29 bits per heavy atom. The molecule has 0 fully saturated rings. The smallest absolute Gasteiger partial charge is 0.155 e. The van der Waals surface area contributed by atoms with Gasteiger partial charge in [-0.1, -0.05) is 6.07 Å². The van der Waals surface area contributed by atoms with Crippen molar-refractivity contribution in [2.24, 2.45) is 0 Å². The van der Waals surface area contributed by atoms with Crippen molar-refractivity contribution in [3.8, 4) is 0 Å². The molecular weight excluding hydrogens is 176 g/mol. The van der Waals surface area contributed by atoms with Crippen LogP contribution in [-0.4, -0.2) is 28.2 Å². The van der Waals surface area contributed by atoms with Crippen molar-refractivity contribution in [3.05, 3.63) is 29.7 Å². The predicted octanol–water partition coefficient (Wildman–Crippen LogP) is 0.800. The Labute approximate surface area is 83.0 Å². The topological polar surface area (TPSA) is 42.2 Å². The molecule has 2 heterocycles. The minimum Gasteiger partial charge on any atom is -0.319 e. The molecule has 0 aliphatic rings. The summed E-state index contributed by atoms with van der Waals surface area (Å²) in [6.45, 7) is 2.89. The quantitative estimate of drug-likeness (QED) is 0.778. The number of nitrogens with one attached hydrogen (secondary N) is 1. The van der Waals surface area contributed by atoms with E-state index in [1.165, 1.54) is 5.56 Å². The van der Waals surface area contributed by atoms with Crippen LogP contribution in [0.1, 0.15) is 11.4 Å². The number of fused-ring (bicyclic) bond motifs is 1. The summed E-state index contributed by atoms with van der Waals surface area (Å²) in [4.78, 5) is 4.27. The Morgan fingerprint density at radius 3 is 3.07 bits per heavy atom. The molecule has 1 N–H and O–H groups in total. The summed E-state index contributed by atoms with van der Waals surface area (Å²) in [7, 11) is 1.96. The molecular formula is C10H14N4. The number of aromatic nitrogens is 3. The highest BCUT2D eigenvalue weighted by atomic mass is 15.3. The molecule has 0 aromatic carbocycles. The van der Waals surface area contributed by atoms with Gasteiger partial charge in [0.1, 0.15) is 5.82 Å². The molecule has 0 radical (unpaired) electrons. The fourth-order valence-electron chi connectivity index (χ4n) is 1.45. The molecule has 2 aromatic heterocycles. The van der Waals surface area contributed by atoms with Gasteiger partial charge in [0.25, 0.3) is 0 Å². The van der Waals surface area contributed by atoms with Crippen molar-refractivity contribution in [1.29, 1.82) is 0 Å². The lowest BCUT2D eigenvalue weighted by Gasteiger charge is -2.00. The van der Waals surface area contributed by atoms with Gasteiger partial charge in [0.05, 0.1) is 0 Å². The molecule has 74 valence electrons. The van der Waals surface area contributed by atoms with Crippen molar-refractivity contribution in [2.45, 2.75) is 13.3 Å². The van der Waals surface area contributed by atoms with Crippen LogP contribution in [0.3, 0.4) is 0 Å². The van der Waals surface area contributed by atoms with Gasteiger partial charge in [-0.25, -0.2) is 9.50 Å². The summed E-state index contributed by atoms with van der Waals surface area (Å²) >= 11 is 0. The van der Waals surface area contributed by atoms with E-state index in [1.54, 1.807) is 0 Å². The van der Waals surface area contributed by atoms with Crippen molar-refractivity contribution in [1.82, 2.24) is 19.9 Å². The van der Waals surface area contributed by atoms with Crippen LogP contribution in [0.25, 0.3) is 5.65 Å². The lowest BCUT2D eigenvalue weighted by molar-refractivity contribution is 0.783. The van der Waals surface area contributed by atoms with Gasteiger partial charge in [-0.2, -0.15) is 5.10 Å². The Bertz CT molecular complexity index is 433. The van der Waals surface area contributed by atoms with E-state index in [0.29, 0.717) is 0 Å². The van der Waals surface area contributed by atoms with Crippen LogP contribution in [0, 0.1) is 6.92 Å². The minimum atomic E-state index is 0.816. The van der Waals surface area contributed by atoms with Crippen LogP contribution in [0.5, 0.6) is 0 Å². The number of rotatable bonds is 3. The van der Waals surface area contributed by atoms with Crippen molar-refractivity contribution in [3.63, 3.8) is 0 Å². The maximum atomic E-state index is 4.27. The second-order valence-electron chi connectivity index (χ2n) is 3.35. The SMILES string of the molecule is CNCCc1ccc2nc(C)nn2c1. The zero-order valence-electron chi connectivity index (χ0n) is 8.49. The van der Waals surface area contributed by atoms with Gasteiger partial charge in [0.2, 0.25) is 0 Å². The molecule has 0 spiro atoms. The fourth-order valence-corrected chi connectivity index (χ4v) is 1.45. The van der Waals surface area contributed by atoms with E-state index >= 15 is 0 Å². The maximum Gasteiger partial charge on any atom is 0.155 e. The summed E-state index contributed by atoms with van der Waals surface area (Å²) in [5.74, 6) is 0.816. The van der Waals surface area contributed by atoms with E-state index in [1.807, 2.05) is 30.8 Å². The first kappa shape index (κ1) is 9.15. The molecule has 4 heteroatoms. The average Bonchev–Trinajstić information content (AvgIpc) is 2.54. The third-order valence-electron chi connectivity index (χ3n) is 2.16. The number of nitrogens with zero attached hydrogens (tertiary/aromatic N) is 3. The third kappa shape index (κ3) is 1.75. The number of likely N-dealkylation sites (N-methyl/N-ethyl adjacent to an activating group) is 1. The first-order chi connectivity index (χ1) is 6.79. The van der Waals surface area contributed by atoms with E-state index in [-0.39, 0.29) is 0 Å². The average molecular weight is 190 g/mol. The first-order valence-electron chi connectivity index (χ1n) is 4.76. The molecule has 0 atom stereocenters. The van der Waals surface area contributed by atoms with Gasteiger partial charge in [-0.15, -0.1) is 0 Å². The van der Waals surface area contributed by atoms with Gasteiger partial charge < -0.3 is 5.32 Å². The third-order valence-corrected chi connectivity index (χ3v) is 2.16. The van der Waals surface area contributed by atoms with E-state index in [4.69, 9.17) is 0 Å². The number of pyridine rings is 1. The van der Waals surface area contributed by atoms with Gasteiger partial charge in [0.15, 0.2) is 5.65 Å². The monoisotopic (exact) mass is 190 g/mol. The van der Waals surface area contributed by atoms with Gasteiger partial charge in [-0.05, 0) is 38.6 Å². The Balaban J connectivity index is 2.31. The summed E-state index contributed by atoms with van der Waals surface area (Å²) < 4.78 is 1.83. The first-order valence-corrected chi connectivity index (χ1v) is 4.76. The number of hydrogen-bond acceptors (Lipinski definition) is 3. The van der Waals surface area contributed by atoms with E-state index in [9.17, 15) is 0 Å². The molecule has 4 nitrogen and oxygen atoms in total. The van der Waals surface area contributed by atoms with E-state index < -0.39 is 0 Å². The predicted molar refractivity (Wildman–Crippen MR) is 55.4 cm³/mol. The second kappa shape index (κ2) is 3.75. The highest BCUT2D eigenvalue weighted by Gasteiger charge is 1.99. The lowest BCUT2D eigenvalue weighted by Crippen LogP contribution is -2.10. The normalized spacial score (nSPS) is 11.0. The Hall–Kier alpha value is -1.42. The molecule has 0 saturated carbocycles. The minimum absolute atomic E-state index is 0.816. The lowest BCUT2D eigenvalue weighted by atomic mass is 10.2. The van der Waals surface area contributed by atoms with Crippen LogP contribution in [0.2, 0.25) is 0 Å². The molecule has 0 amide bonds. The molecule has 0 bridgehead atoms. The summed E-state index contributed by atoms with van der Waals surface area (Å²) in [5, 5.41) is 7.39. The summed E-state index contributed by atoms with van der Waals surface area (Å²) in [6, 6.07) is 4.10.